The number of piperidine rings is 1. The van der Waals surface area contributed by atoms with Crippen molar-refractivity contribution in [3.8, 4) is 5.13 Å². The lowest BCUT2D eigenvalue weighted by atomic mass is 10.1. The fraction of sp³-hybridized carbons (Fsp3) is 0.588. The molecule has 1 amide bonds. The first-order chi connectivity index (χ1) is 12.3. The zero-order valence-corrected chi connectivity index (χ0v) is 15.4. The van der Waals surface area contributed by atoms with Crippen molar-refractivity contribution in [1.29, 1.82) is 0 Å². The van der Waals surface area contributed by atoms with Crippen molar-refractivity contribution in [2.24, 2.45) is 0 Å². The van der Waals surface area contributed by atoms with Crippen molar-refractivity contribution >= 4 is 22.4 Å². The van der Waals surface area contributed by atoms with Crippen molar-refractivity contribution < 1.29 is 9.53 Å². The van der Waals surface area contributed by atoms with Crippen LogP contribution in [0.25, 0.3) is 5.13 Å². The predicted octanol–water partition coefficient (Wildman–Crippen LogP) is 2.48. The molecule has 7 nitrogen and oxygen atoms in total. The minimum atomic E-state index is -0.101. The van der Waals surface area contributed by atoms with E-state index in [9.17, 15) is 4.79 Å². The van der Waals surface area contributed by atoms with Gasteiger partial charge in [-0.1, -0.05) is 11.3 Å². The fourth-order valence-electron chi connectivity index (χ4n) is 2.86. The Morgan fingerprint density at radius 1 is 1.28 bits per heavy atom. The van der Waals surface area contributed by atoms with Crippen LogP contribution in [0.4, 0.5) is 5.13 Å². The van der Waals surface area contributed by atoms with Gasteiger partial charge in [0.25, 0.3) is 5.91 Å². The Bertz CT molecular complexity index is 678. The SMILES string of the molecule is CCOCCCNC(=O)c1cccn1-c1nnc(N2CCCCC2)s1. The predicted molar refractivity (Wildman–Crippen MR) is 98.7 cm³/mol. The molecule has 1 aliphatic rings. The van der Waals surface area contributed by atoms with Gasteiger partial charge in [0.2, 0.25) is 10.3 Å². The van der Waals surface area contributed by atoms with Crippen LogP contribution >= 0.6 is 11.3 Å². The van der Waals surface area contributed by atoms with E-state index in [1.54, 1.807) is 6.07 Å². The van der Waals surface area contributed by atoms with Crippen LogP contribution < -0.4 is 10.2 Å². The molecule has 3 heterocycles. The first kappa shape index (κ1) is 17.9. The first-order valence-electron chi connectivity index (χ1n) is 8.91. The lowest BCUT2D eigenvalue weighted by Gasteiger charge is -2.25. The Morgan fingerprint density at radius 3 is 2.88 bits per heavy atom. The average Bonchev–Trinajstić information content (AvgIpc) is 3.31. The smallest absolute Gasteiger partial charge is 0.268 e. The maximum absolute atomic E-state index is 12.4. The van der Waals surface area contributed by atoms with Crippen molar-refractivity contribution in [3.05, 3.63) is 24.0 Å². The van der Waals surface area contributed by atoms with Crippen molar-refractivity contribution in [2.45, 2.75) is 32.6 Å². The topological polar surface area (TPSA) is 72.3 Å². The number of hydrogen-bond acceptors (Lipinski definition) is 6. The largest absolute Gasteiger partial charge is 0.382 e. The molecule has 0 aliphatic carbocycles. The molecule has 2 aromatic heterocycles. The molecule has 0 saturated carbocycles. The highest BCUT2D eigenvalue weighted by molar-refractivity contribution is 7.17. The molecule has 1 fully saturated rings. The van der Waals surface area contributed by atoms with Crippen LogP contribution in [0.3, 0.4) is 0 Å². The normalized spacial score (nSPS) is 14.7. The molecule has 136 valence electrons. The van der Waals surface area contributed by atoms with E-state index in [4.69, 9.17) is 4.74 Å². The number of nitrogens with one attached hydrogen (secondary N) is 1. The van der Waals surface area contributed by atoms with Crippen LogP contribution in [-0.2, 0) is 4.74 Å². The van der Waals surface area contributed by atoms with Gasteiger partial charge in [0.1, 0.15) is 5.69 Å². The second kappa shape index (κ2) is 8.96. The van der Waals surface area contributed by atoms with Crippen LogP contribution in [0.15, 0.2) is 18.3 Å². The number of carbonyl (C=O) groups is 1. The van der Waals surface area contributed by atoms with E-state index in [1.807, 2.05) is 23.8 Å². The number of aromatic nitrogens is 3. The lowest BCUT2D eigenvalue weighted by molar-refractivity contribution is 0.0937. The zero-order valence-electron chi connectivity index (χ0n) is 14.6. The maximum Gasteiger partial charge on any atom is 0.268 e. The number of amides is 1. The first-order valence-corrected chi connectivity index (χ1v) is 9.73. The summed E-state index contributed by atoms with van der Waals surface area (Å²) in [5, 5.41) is 13.2. The molecule has 0 aromatic carbocycles. The summed E-state index contributed by atoms with van der Waals surface area (Å²) in [7, 11) is 0. The van der Waals surface area contributed by atoms with Gasteiger partial charge in [-0.3, -0.25) is 9.36 Å². The summed E-state index contributed by atoms with van der Waals surface area (Å²) in [4.78, 5) is 14.7. The molecule has 1 N–H and O–H groups in total. The molecular formula is C17H25N5O2S. The zero-order chi connectivity index (χ0) is 17.5. The van der Waals surface area contributed by atoms with Gasteiger partial charge in [0, 0.05) is 39.0 Å². The minimum Gasteiger partial charge on any atom is -0.382 e. The van der Waals surface area contributed by atoms with E-state index in [0.29, 0.717) is 25.5 Å². The van der Waals surface area contributed by atoms with Crippen molar-refractivity contribution in [3.63, 3.8) is 0 Å². The molecule has 0 atom stereocenters. The molecule has 8 heteroatoms. The Kier molecular flexibility index (Phi) is 6.41. The standard InChI is InChI=1S/C17H25N5O2S/c1-2-24-13-7-9-18-15(23)14-8-6-12-22(14)17-20-19-16(25-17)21-10-4-3-5-11-21/h6,8,12H,2-5,7,9-11,13H2,1H3,(H,18,23). The average molecular weight is 363 g/mol. The van der Waals surface area contributed by atoms with Gasteiger partial charge in [-0.05, 0) is 44.7 Å². The van der Waals surface area contributed by atoms with Crippen LogP contribution in [0.1, 0.15) is 43.1 Å². The fourth-order valence-corrected chi connectivity index (χ4v) is 3.76. The number of rotatable bonds is 8. The molecule has 0 radical (unpaired) electrons. The highest BCUT2D eigenvalue weighted by Crippen LogP contribution is 2.26. The molecule has 1 saturated heterocycles. The van der Waals surface area contributed by atoms with Gasteiger partial charge in [-0.2, -0.15) is 0 Å². The number of anilines is 1. The summed E-state index contributed by atoms with van der Waals surface area (Å²) >= 11 is 1.53. The van der Waals surface area contributed by atoms with E-state index < -0.39 is 0 Å². The van der Waals surface area contributed by atoms with Gasteiger partial charge >= 0.3 is 0 Å². The third kappa shape index (κ3) is 4.58. The number of ether oxygens (including phenoxy) is 1. The summed E-state index contributed by atoms with van der Waals surface area (Å²) in [6.45, 7) is 5.99. The van der Waals surface area contributed by atoms with Crippen LogP contribution in [0.2, 0.25) is 0 Å². The van der Waals surface area contributed by atoms with Gasteiger partial charge in [-0.25, -0.2) is 0 Å². The summed E-state index contributed by atoms with van der Waals surface area (Å²) in [5.41, 5.74) is 0.581. The van der Waals surface area contributed by atoms with E-state index in [0.717, 1.165) is 29.8 Å². The number of carbonyl (C=O) groups excluding carboxylic acids is 1. The summed E-state index contributed by atoms with van der Waals surface area (Å²) in [6, 6.07) is 3.66. The van der Waals surface area contributed by atoms with Gasteiger partial charge < -0.3 is 15.0 Å². The molecule has 1 aliphatic heterocycles. The monoisotopic (exact) mass is 363 g/mol. The summed E-state index contributed by atoms with van der Waals surface area (Å²) < 4.78 is 7.09. The van der Waals surface area contributed by atoms with Crippen LogP contribution in [0.5, 0.6) is 0 Å². The van der Waals surface area contributed by atoms with E-state index >= 15 is 0 Å². The highest BCUT2D eigenvalue weighted by atomic mass is 32.1. The molecule has 25 heavy (non-hydrogen) atoms. The minimum absolute atomic E-state index is 0.101. The summed E-state index contributed by atoms with van der Waals surface area (Å²) in [5.74, 6) is -0.101. The Hall–Kier alpha value is -1.93. The van der Waals surface area contributed by atoms with Gasteiger partial charge in [-0.15, -0.1) is 10.2 Å². The van der Waals surface area contributed by atoms with Gasteiger partial charge in [0.15, 0.2) is 0 Å². The second-order valence-corrected chi connectivity index (χ2v) is 6.92. The Balaban J connectivity index is 1.63. The molecule has 2 aromatic rings. The molecular weight excluding hydrogens is 338 g/mol. The number of hydrogen-bond donors (Lipinski definition) is 1. The molecule has 0 unspecified atom stereocenters. The summed E-state index contributed by atoms with van der Waals surface area (Å²) in [6.07, 6.45) is 6.35. The van der Waals surface area contributed by atoms with E-state index in [1.165, 1.54) is 30.6 Å². The molecule has 0 bridgehead atoms. The molecule has 0 spiro atoms. The quantitative estimate of drug-likeness (QED) is 0.730. The van der Waals surface area contributed by atoms with Crippen molar-refractivity contribution in [1.82, 2.24) is 20.1 Å². The Labute approximate surface area is 152 Å². The molecule has 3 rings (SSSR count). The van der Waals surface area contributed by atoms with Crippen LogP contribution in [-0.4, -0.2) is 53.5 Å². The van der Waals surface area contributed by atoms with Crippen LogP contribution in [0, 0.1) is 0 Å². The second-order valence-electron chi connectivity index (χ2n) is 5.98. The Morgan fingerprint density at radius 2 is 2.08 bits per heavy atom. The third-order valence-electron chi connectivity index (χ3n) is 4.17. The van der Waals surface area contributed by atoms with Gasteiger partial charge in [0.05, 0.1) is 0 Å². The van der Waals surface area contributed by atoms with E-state index in [-0.39, 0.29) is 5.91 Å². The maximum atomic E-state index is 12.4. The number of nitrogens with zero attached hydrogens (tertiary/aromatic N) is 4. The highest BCUT2D eigenvalue weighted by Gasteiger charge is 2.18. The lowest BCUT2D eigenvalue weighted by Crippen LogP contribution is -2.29. The van der Waals surface area contributed by atoms with Crippen molar-refractivity contribution in [2.75, 3.05) is 37.7 Å². The van der Waals surface area contributed by atoms with E-state index in [2.05, 4.69) is 20.4 Å². The third-order valence-corrected chi connectivity index (χ3v) is 5.16.